The summed E-state index contributed by atoms with van der Waals surface area (Å²) in [5, 5.41) is 0. The van der Waals surface area contributed by atoms with E-state index in [9.17, 15) is 0 Å². The molecule has 0 radical (unpaired) electrons. The molecule has 0 amide bonds. The van der Waals surface area contributed by atoms with E-state index in [1.54, 1.807) is 0 Å². The molecule has 3 unspecified atom stereocenters. The van der Waals surface area contributed by atoms with E-state index in [0.29, 0.717) is 23.5 Å². The number of hydrogen-bond donors (Lipinski definition) is 0. The van der Waals surface area contributed by atoms with Crippen LogP contribution in [0.2, 0.25) is 0 Å². The predicted molar refractivity (Wildman–Crippen MR) is 120 cm³/mol. The van der Waals surface area contributed by atoms with E-state index in [1.807, 2.05) is 0 Å². The van der Waals surface area contributed by atoms with Crippen LogP contribution < -0.4 is 0 Å². The van der Waals surface area contributed by atoms with Gasteiger partial charge >= 0.3 is 0 Å². The Balaban J connectivity index is 1.51. The number of rotatable bonds is 7. The third-order valence-electron chi connectivity index (χ3n) is 6.91. The first-order chi connectivity index (χ1) is 13.3. The fraction of sp³-hybridized carbons (Fsp3) is 0.769. The Morgan fingerprint density at radius 1 is 1.00 bits per heavy atom. The van der Waals surface area contributed by atoms with Gasteiger partial charge < -0.3 is 4.74 Å². The summed E-state index contributed by atoms with van der Waals surface area (Å²) < 4.78 is 5.87. The lowest BCUT2D eigenvalue weighted by molar-refractivity contribution is -0.0708. The highest BCUT2D eigenvalue weighted by Crippen LogP contribution is 2.37. The maximum atomic E-state index is 5.87. The van der Waals surface area contributed by atoms with Crippen LogP contribution in [0.1, 0.15) is 84.3 Å². The van der Waals surface area contributed by atoms with Crippen molar-refractivity contribution in [3.8, 4) is 0 Å². The Hall–Kier alpha value is -0.860. The molecule has 2 fully saturated rings. The molecular formula is C26H43NO. The van der Waals surface area contributed by atoms with E-state index in [4.69, 9.17) is 4.74 Å². The minimum atomic E-state index is 0.298. The Bertz CT molecular complexity index is 577. The van der Waals surface area contributed by atoms with Crippen molar-refractivity contribution in [1.82, 2.24) is 4.90 Å². The molecule has 2 heteroatoms. The normalized spacial score (nSPS) is 26.3. The van der Waals surface area contributed by atoms with Crippen molar-refractivity contribution >= 4 is 0 Å². The van der Waals surface area contributed by atoms with Gasteiger partial charge in [0.2, 0.25) is 0 Å². The molecule has 1 saturated heterocycles. The topological polar surface area (TPSA) is 12.5 Å². The quantitative estimate of drug-likeness (QED) is 0.552. The van der Waals surface area contributed by atoms with Crippen molar-refractivity contribution in [2.24, 2.45) is 11.8 Å². The van der Waals surface area contributed by atoms with Gasteiger partial charge in [0.15, 0.2) is 0 Å². The van der Waals surface area contributed by atoms with Gasteiger partial charge in [-0.1, -0.05) is 77.1 Å². The lowest BCUT2D eigenvalue weighted by atomic mass is 9.73. The fourth-order valence-electron chi connectivity index (χ4n) is 5.66. The number of benzene rings is 1. The minimum Gasteiger partial charge on any atom is -0.373 e. The van der Waals surface area contributed by atoms with Gasteiger partial charge in [-0.2, -0.15) is 0 Å². The van der Waals surface area contributed by atoms with Gasteiger partial charge in [0.25, 0.3) is 0 Å². The summed E-state index contributed by atoms with van der Waals surface area (Å²) >= 11 is 0. The Kier molecular flexibility index (Phi) is 7.61. The highest BCUT2D eigenvalue weighted by molar-refractivity contribution is 5.28. The molecule has 1 saturated carbocycles. The molecule has 28 heavy (non-hydrogen) atoms. The highest BCUT2D eigenvalue weighted by atomic mass is 16.5. The molecule has 2 aliphatic rings. The number of nitrogens with zero attached hydrogens (tertiary/aromatic N) is 1. The van der Waals surface area contributed by atoms with E-state index >= 15 is 0 Å². The molecule has 3 rings (SSSR count). The lowest BCUT2D eigenvalue weighted by Crippen LogP contribution is -2.47. The van der Waals surface area contributed by atoms with Crippen molar-refractivity contribution in [3.63, 3.8) is 0 Å². The zero-order chi connectivity index (χ0) is 20.1. The van der Waals surface area contributed by atoms with Crippen molar-refractivity contribution in [3.05, 3.63) is 35.4 Å². The summed E-state index contributed by atoms with van der Waals surface area (Å²) in [6.07, 6.45) is 10.5. The van der Waals surface area contributed by atoms with Crippen LogP contribution in [0.3, 0.4) is 0 Å². The first-order valence-corrected chi connectivity index (χ1v) is 11.8. The average Bonchev–Trinajstić information content (AvgIpc) is 2.61. The molecule has 0 aromatic heterocycles. The highest BCUT2D eigenvalue weighted by Gasteiger charge is 2.27. The molecule has 1 aliphatic carbocycles. The second kappa shape index (κ2) is 9.76. The second-order valence-corrected chi connectivity index (χ2v) is 10.6. The van der Waals surface area contributed by atoms with Crippen molar-refractivity contribution in [2.45, 2.75) is 97.2 Å². The standard InChI is InChI=1S/C26H43NO/c1-20(17-27-18-21(2)28-22(3)19-27)15-23-11-13-25(14-12-23)26(4,5)16-24-9-7-6-8-10-24/h11-14,20-22,24H,6-10,15-19H2,1-5H3. The molecule has 3 atom stereocenters. The third-order valence-corrected chi connectivity index (χ3v) is 6.91. The maximum Gasteiger partial charge on any atom is 0.0678 e. The molecule has 0 spiro atoms. The summed E-state index contributed by atoms with van der Waals surface area (Å²) in [6.45, 7) is 15.0. The monoisotopic (exact) mass is 385 g/mol. The van der Waals surface area contributed by atoms with Crippen molar-refractivity contribution in [2.75, 3.05) is 19.6 Å². The Labute approximate surface area is 174 Å². The smallest absolute Gasteiger partial charge is 0.0678 e. The van der Waals surface area contributed by atoms with Crippen LogP contribution in [0.25, 0.3) is 0 Å². The van der Waals surface area contributed by atoms with Gasteiger partial charge in [0.1, 0.15) is 0 Å². The first kappa shape index (κ1) is 21.8. The summed E-state index contributed by atoms with van der Waals surface area (Å²) in [4.78, 5) is 2.59. The largest absolute Gasteiger partial charge is 0.373 e. The third kappa shape index (κ3) is 6.32. The fourth-order valence-corrected chi connectivity index (χ4v) is 5.66. The van der Waals surface area contributed by atoms with Gasteiger partial charge in [-0.05, 0) is 55.1 Å². The van der Waals surface area contributed by atoms with Gasteiger partial charge in [-0.15, -0.1) is 0 Å². The SMILES string of the molecule is CC(Cc1ccc(C(C)(C)CC2CCCCC2)cc1)CN1CC(C)OC(C)C1. The minimum absolute atomic E-state index is 0.298. The predicted octanol–water partition coefficient (Wildman–Crippen LogP) is 6.22. The molecule has 0 N–H and O–H groups in total. The van der Waals surface area contributed by atoms with Crippen molar-refractivity contribution < 1.29 is 4.74 Å². The molecule has 1 heterocycles. The zero-order valence-electron chi connectivity index (χ0n) is 19.0. The average molecular weight is 386 g/mol. The second-order valence-electron chi connectivity index (χ2n) is 10.6. The van der Waals surface area contributed by atoms with E-state index in [1.165, 1.54) is 62.6 Å². The van der Waals surface area contributed by atoms with Crippen LogP contribution in [0, 0.1) is 11.8 Å². The molecule has 1 aromatic rings. The Morgan fingerprint density at radius 3 is 2.21 bits per heavy atom. The first-order valence-electron chi connectivity index (χ1n) is 11.8. The zero-order valence-corrected chi connectivity index (χ0v) is 19.0. The summed E-state index contributed by atoms with van der Waals surface area (Å²) in [5.41, 5.74) is 3.30. The van der Waals surface area contributed by atoms with Gasteiger partial charge in [0.05, 0.1) is 12.2 Å². The summed E-state index contributed by atoms with van der Waals surface area (Å²) in [6, 6.07) is 9.59. The van der Waals surface area contributed by atoms with Crippen LogP contribution in [0.15, 0.2) is 24.3 Å². The lowest BCUT2D eigenvalue weighted by Gasteiger charge is -2.36. The van der Waals surface area contributed by atoms with Crippen LogP contribution in [-0.4, -0.2) is 36.7 Å². The molecule has 1 aliphatic heterocycles. The Morgan fingerprint density at radius 2 is 1.61 bits per heavy atom. The van der Waals surface area contributed by atoms with E-state index in [2.05, 4.69) is 63.8 Å². The summed E-state index contributed by atoms with van der Waals surface area (Å²) in [7, 11) is 0. The number of ether oxygens (including phenoxy) is 1. The summed E-state index contributed by atoms with van der Waals surface area (Å²) in [5.74, 6) is 1.61. The number of morpholine rings is 1. The van der Waals surface area contributed by atoms with Gasteiger partial charge in [-0.25, -0.2) is 0 Å². The number of hydrogen-bond acceptors (Lipinski definition) is 2. The van der Waals surface area contributed by atoms with Crippen molar-refractivity contribution in [1.29, 1.82) is 0 Å². The van der Waals surface area contributed by atoms with Crippen LogP contribution in [0.4, 0.5) is 0 Å². The van der Waals surface area contributed by atoms with E-state index in [-0.39, 0.29) is 0 Å². The molecule has 1 aromatic carbocycles. The van der Waals surface area contributed by atoms with E-state index < -0.39 is 0 Å². The maximum absolute atomic E-state index is 5.87. The molecule has 2 nitrogen and oxygen atoms in total. The molecule has 0 bridgehead atoms. The molecular weight excluding hydrogens is 342 g/mol. The van der Waals surface area contributed by atoms with E-state index in [0.717, 1.165) is 19.0 Å². The van der Waals surface area contributed by atoms with Gasteiger partial charge in [0, 0.05) is 19.6 Å². The van der Waals surface area contributed by atoms with Gasteiger partial charge in [-0.3, -0.25) is 4.90 Å². The molecule has 158 valence electrons. The van der Waals surface area contributed by atoms with Crippen LogP contribution in [0.5, 0.6) is 0 Å². The van der Waals surface area contributed by atoms with Crippen LogP contribution in [-0.2, 0) is 16.6 Å². The van der Waals surface area contributed by atoms with Crippen LogP contribution >= 0.6 is 0 Å².